The van der Waals surface area contributed by atoms with Crippen molar-refractivity contribution in [3.63, 3.8) is 0 Å². The van der Waals surface area contributed by atoms with Crippen molar-refractivity contribution < 1.29 is 18.3 Å². The predicted molar refractivity (Wildman–Crippen MR) is 98.7 cm³/mol. The zero-order valence-electron chi connectivity index (χ0n) is 15.5. The van der Waals surface area contributed by atoms with Crippen molar-refractivity contribution in [1.29, 1.82) is 0 Å². The number of carbonyl (C=O) groups is 1. The Morgan fingerprint density at radius 3 is 2.48 bits per heavy atom. The highest BCUT2D eigenvalue weighted by Crippen LogP contribution is 2.26. The van der Waals surface area contributed by atoms with Crippen LogP contribution in [0.2, 0.25) is 0 Å². The highest BCUT2D eigenvalue weighted by atomic mass is 19.3. The summed E-state index contributed by atoms with van der Waals surface area (Å²) in [5, 5.41) is 2.80. The summed E-state index contributed by atoms with van der Waals surface area (Å²) in [5.74, 6) is -2.13. The summed E-state index contributed by atoms with van der Waals surface area (Å²) in [6.45, 7) is 1.87. The second kappa shape index (κ2) is 9.80. The molecule has 1 saturated heterocycles. The van der Waals surface area contributed by atoms with Gasteiger partial charge in [-0.15, -0.1) is 0 Å². The van der Waals surface area contributed by atoms with Crippen LogP contribution in [0.1, 0.15) is 24.0 Å². The molecule has 0 aliphatic carbocycles. The summed E-state index contributed by atoms with van der Waals surface area (Å²) in [6, 6.07) is 9.32. The summed E-state index contributed by atoms with van der Waals surface area (Å²) in [4.78, 5) is 20.5. The first-order valence-electron chi connectivity index (χ1n) is 8.69. The van der Waals surface area contributed by atoms with Crippen LogP contribution in [0.25, 0.3) is 0 Å². The molecule has 0 unspecified atom stereocenters. The van der Waals surface area contributed by atoms with Crippen molar-refractivity contribution in [2.24, 2.45) is 0 Å². The van der Waals surface area contributed by atoms with Gasteiger partial charge in [0.2, 0.25) is 5.95 Å². The van der Waals surface area contributed by atoms with Gasteiger partial charge in [-0.3, -0.25) is 0 Å². The number of amides is 1. The number of benzene rings is 1. The van der Waals surface area contributed by atoms with Crippen LogP contribution in [0.15, 0.2) is 42.7 Å². The van der Waals surface area contributed by atoms with Crippen LogP contribution in [0, 0.1) is 6.92 Å². The van der Waals surface area contributed by atoms with Gasteiger partial charge in [0.25, 0.3) is 5.92 Å². The Morgan fingerprint density at radius 1 is 1.26 bits per heavy atom. The molecule has 2 aromatic rings. The number of nitrogens with zero attached hydrogens (tertiary/aromatic N) is 3. The molecule has 1 aromatic carbocycles. The molecule has 27 heavy (non-hydrogen) atoms. The molecule has 3 rings (SSSR count). The Balaban J connectivity index is 0.000000273. The molecule has 0 bridgehead atoms. The number of rotatable bonds is 3. The Hall–Kier alpha value is -2.77. The van der Waals surface area contributed by atoms with Crippen LogP contribution < -0.4 is 5.32 Å². The van der Waals surface area contributed by atoms with Crippen molar-refractivity contribution >= 4 is 12.0 Å². The molecule has 1 aromatic heterocycles. The highest BCUT2D eigenvalue weighted by Gasteiger charge is 2.37. The second-order valence-electron chi connectivity index (χ2n) is 6.24. The quantitative estimate of drug-likeness (QED) is 0.878. The molecule has 8 heteroatoms. The zero-order valence-corrected chi connectivity index (χ0v) is 15.5. The fourth-order valence-corrected chi connectivity index (χ4v) is 2.47. The lowest BCUT2D eigenvalue weighted by molar-refractivity contribution is -0.0611. The number of carbonyl (C=O) groups excluding carboxylic acids is 1. The molecule has 0 spiro atoms. The van der Waals surface area contributed by atoms with Crippen molar-refractivity contribution in [1.82, 2.24) is 14.9 Å². The monoisotopic (exact) mass is 378 g/mol. The molecule has 1 aliphatic heterocycles. The third kappa shape index (κ3) is 7.16. The first-order valence-corrected chi connectivity index (χ1v) is 8.69. The van der Waals surface area contributed by atoms with Crippen LogP contribution >= 0.6 is 0 Å². The number of alkyl halides is 2. The van der Waals surface area contributed by atoms with E-state index in [1.165, 1.54) is 0 Å². The average molecular weight is 378 g/mol. The first kappa shape index (κ1) is 20.5. The molecule has 0 radical (unpaired) electrons. The van der Waals surface area contributed by atoms with E-state index in [4.69, 9.17) is 4.74 Å². The Labute approximate surface area is 157 Å². The molecule has 1 amide bonds. The fraction of sp³-hybridized carbons (Fsp3) is 0.421. The van der Waals surface area contributed by atoms with Gasteiger partial charge in [-0.2, -0.15) is 0 Å². The van der Waals surface area contributed by atoms with Crippen LogP contribution in [0.4, 0.5) is 19.5 Å². The lowest BCUT2D eigenvalue weighted by Gasteiger charge is -2.31. The summed E-state index contributed by atoms with van der Waals surface area (Å²) >= 11 is 0. The molecule has 2 heterocycles. The van der Waals surface area contributed by atoms with Gasteiger partial charge in [-0.1, -0.05) is 29.8 Å². The molecule has 6 nitrogen and oxygen atoms in total. The number of nitrogens with one attached hydrogen (secondary N) is 1. The minimum absolute atomic E-state index is 0.112. The van der Waals surface area contributed by atoms with E-state index < -0.39 is 18.6 Å². The molecule has 0 atom stereocenters. The number of hydrogen-bond donors (Lipinski definition) is 1. The third-order valence-electron chi connectivity index (χ3n) is 3.92. The summed E-state index contributed by atoms with van der Waals surface area (Å²) in [6.07, 6.45) is 2.87. The molecule has 1 fully saturated rings. The van der Waals surface area contributed by atoms with Gasteiger partial charge in [0.15, 0.2) is 0 Å². The Bertz CT molecular complexity index is 711. The van der Waals surface area contributed by atoms with Crippen LogP contribution in [-0.2, 0) is 11.3 Å². The Kier molecular flexibility index (Phi) is 7.45. The highest BCUT2D eigenvalue weighted by molar-refractivity contribution is 5.67. The lowest BCUT2D eigenvalue weighted by atomic mass is 10.1. The molecular weight excluding hydrogens is 354 g/mol. The van der Waals surface area contributed by atoms with Gasteiger partial charge in [0.1, 0.15) is 6.61 Å². The largest absolute Gasteiger partial charge is 0.445 e. The zero-order chi connectivity index (χ0) is 19.7. The van der Waals surface area contributed by atoms with Crippen LogP contribution in [0.3, 0.4) is 0 Å². The van der Waals surface area contributed by atoms with E-state index in [2.05, 4.69) is 15.3 Å². The second-order valence-corrected chi connectivity index (χ2v) is 6.24. The standard InChI is InChI=1S/C14H17F2NO2.C5H7N3/c1-11-3-5-12(6-4-11)9-19-13(18)17-8-2-7-14(15,16)10-17;1-6-5-7-3-2-4-8-5/h3-6H,2,7-10H2,1H3;2-4H,1H3,(H,6,7,8). The van der Waals surface area contributed by atoms with E-state index in [0.29, 0.717) is 18.9 Å². The van der Waals surface area contributed by atoms with Gasteiger partial charge in [0, 0.05) is 32.4 Å². The number of hydrogen-bond acceptors (Lipinski definition) is 5. The third-order valence-corrected chi connectivity index (χ3v) is 3.92. The van der Waals surface area contributed by atoms with Gasteiger partial charge in [0.05, 0.1) is 6.54 Å². The van der Waals surface area contributed by atoms with E-state index in [-0.39, 0.29) is 13.0 Å². The van der Waals surface area contributed by atoms with E-state index >= 15 is 0 Å². The molecule has 1 aliphatic rings. The van der Waals surface area contributed by atoms with E-state index in [1.54, 1.807) is 25.5 Å². The maximum absolute atomic E-state index is 13.2. The number of aryl methyl sites for hydroxylation is 1. The number of halogens is 2. The van der Waals surface area contributed by atoms with E-state index in [9.17, 15) is 13.6 Å². The van der Waals surface area contributed by atoms with Gasteiger partial charge in [-0.25, -0.2) is 23.5 Å². The molecule has 0 saturated carbocycles. The van der Waals surface area contributed by atoms with Gasteiger partial charge >= 0.3 is 6.09 Å². The maximum Gasteiger partial charge on any atom is 0.410 e. The maximum atomic E-state index is 13.2. The number of piperidine rings is 1. The smallest absolute Gasteiger partial charge is 0.410 e. The minimum atomic E-state index is -2.79. The molecule has 146 valence electrons. The molecule has 1 N–H and O–H groups in total. The van der Waals surface area contributed by atoms with Crippen molar-refractivity contribution in [2.75, 3.05) is 25.5 Å². The van der Waals surface area contributed by atoms with E-state index in [0.717, 1.165) is 16.0 Å². The van der Waals surface area contributed by atoms with Crippen molar-refractivity contribution in [2.45, 2.75) is 32.3 Å². The van der Waals surface area contributed by atoms with Gasteiger partial charge < -0.3 is 15.0 Å². The fourth-order valence-electron chi connectivity index (χ4n) is 2.47. The topological polar surface area (TPSA) is 67.4 Å². The first-order chi connectivity index (χ1) is 12.9. The van der Waals surface area contributed by atoms with Gasteiger partial charge in [-0.05, 0) is 25.0 Å². The summed E-state index contributed by atoms with van der Waals surface area (Å²) < 4.78 is 31.4. The average Bonchev–Trinajstić information content (AvgIpc) is 2.67. The number of anilines is 1. The number of likely N-dealkylation sites (tertiary alicyclic amines) is 1. The normalized spacial score (nSPS) is 15.3. The van der Waals surface area contributed by atoms with E-state index in [1.807, 2.05) is 31.2 Å². The minimum Gasteiger partial charge on any atom is -0.445 e. The summed E-state index contributed by atoms with van der Waals surface area (Å²) in [7, 11) is 1.79. The SMILES string of the molecule is CNc1ncccn1.Cc1ccc(COC(=O)N2CCCC(F)(F)C2)cc1. The van der Waals surface area contributed by atoms with Crippen molar-refractivity contribution in [3.8, 4) is 0 Å². The van der Waals surface area contributed by atoms with Crippen molar-refractivity contribution in [3.05, 3.63) is 53.9 Å². The number of ether oxygens (including phenoxy) is 1. The summed E-state index contributed by atoms with van der Waals surface area (Å²) in [5.41, 5.74) is 1.97. The van der Waals surface area contributed by atoms with Crippen LogP contribution in [-0.4, -0.2) is 47.0 Å². The van der Waals surface area contributed by atoms with Crippen LogP contribution in [0.5, 0.6) is 0 Å². The Morgan fingerprint density at radius 2 is 1.93 bits per heavy atom. The number of aromatic nitrogens is 2. The predicted octanol–water partition coefficient (Wildman–Crippen LogP) is 3.88. The lowest BCUT2D eigenvalue weighted by Crippen LogP contribution is -2.45. The molecular formula is C19H24F2N4O2.